The first-order valence-electron chi connectivity index (χ1n) is 6.36. The molecule has 96 valence electrons. The van der Waals surface area contributed by atoms with Crippen molar-refractivity contribution in [2.75, 3.05) is 26.7 Å². The van der Waals surface area contributed by atoms with Gasteiger partial charge in [-0.25, -0.2) is 0 Å². The highest BCUT2D eigenvalue weighted by Gasteiger charge is 2.02. The molecule has 0 amide bonds. The second-order valence-electron chi connectivity index (χ2n) is 4.39. The lowest BCUT2D eigenvalue weighted by Gasteiger charge is -2.17. The van der Waals surface area contributed by atoms with Gasteiger partial charge in [-0.05, 0) is 51.2 Å². The van der Waals surface area contributed by atoms with Crippen molar-refractivity contribution in [3.63, 3.8) is 0 Å². The first kappa shape index (κ1) is 14.7. The summed E-state index contributed by atoms with van der Waals surface area (Å²) in [5.41, 5.74) is 1.36. The Kier molecular flexibility index (Phi) is 7.49. The number of nitrogens with zero attached hydrogens (tertiary/aromatic N) is 1. The van der Waals surface area contributed by atoms with Gasteiger partial charge in [0, 0.05) is 11.0 Å². The van der Waals surface area contributed by atoms with Gasteiger partial charge in [-0.2, -0.15) is 0 Å². The van der Waals surface area contributed by atoms with E-state index in [1.807, 2.05) is 0 Å². The summed E-state index contributed by atoms with van der Waals surface area (Å²) >= 11 is 3.59. The maximum Gasteiger partial charge on any atom is 0.0241 e. The molecule has 0 heterocycles. The van der Waals surface area contributed by atoms with Crippen molar-refractivity contribution in [3.05, 3.63) is 34.3 Å². The van der Waals surface area contributed by atoms with E-state index < -0.39 is 0 Å². The Labute approximate surface area is 114 Å². The molecule has 0 saturated heterocycles. The maximum atomic E-state index is 3.59. The zero-order chi connectivity index (χ0) is 12.5. The predicted molar refractivity (Wildman–Crippen MR) is 78.3 cm³/mol. The zero-order valence-electron chi connectivity index (χ0n) is 10.9. The lowest BCUT2D eigenvalue weighted by molar-refractivity contribution is 0.317. The van der Waals surface area contributed by atoms with E-state index in [0.717, 1.165) is 26.2 Å². The Balaban J connectivity index is 2.21. The van der Waals surface area contributed by atoms with Crippen molar-refractivity contribution < 1.29 is 0 Å². The van der Waals surface area contributed by atoms with Crippen LogP contribution in [0.5, 0.6) is 0 Å². The van der Waals surface area contributed by atoms with Gasteiger partial charge in [-0.15, -0.1) is 0 Å². The standard InChI is InChI=1S/C14H23BrN2/c1-3-16-10-6-7-11-17(2)12-13-8-4-5-9-14(13)15/h4-5,8-9,16H,3,6-7,10-12H2,1-2H3. The van der Waals surface area contributed by atoms with Gasteiger partial charge in [-0.3, -0.25) is 0 Å². The fourth-order valence-corrected chi connectivity index (χ4v) is 2.22. The van der Waals surface area contributed by atoms with Crippen molar-refractivity contribution in [1.82, 2.24) is 10.2 Å². The first-order chi connectivity index (χ1) is 8.24. The van der Waals surface area contributed by atoms with Crippen LogP contribution in [0, 0.1) is 0 Å². The summed E-state index contributed by atoms with van der Waals surface area (Å²) in [6.45, 7) is 6.54. The molecule has 0 fully saturated rings. The van der Waals surface area contributed by atoms with Crippen molar-refractivity contribution in [3.8, 4) is 0 Å². The summed E-state index contributed by atoms with van der Waals surface area (Å²) in [6.07, 6.45) is 2.52. The van der Waals surface area contributed by atoms with Crippen molar-refractivity contribution in [1.29, 1.82) is 0 Å². The molecule has 17 heavy (non-hydrogen) atoms. The van der Waals surface area contributed by atoms with Crippen molar-refractivity contribution in [2.24, 2.45) is 0 Å². The third-order valence-electron chi connectivity index (χ3n) is 2.79. The predicted octanol–water partition coefficient (Wildman–Crippen LogP) is 3.27. The van der Waals surface area contributed by atoms with Gasteiger partial charge in [0.25, 0.3) is 0 Å². The molecule has 0 unspecified atom stereocenters. The Hall–Kier alpha value is -0.380. The van der Waals surface area contributed by atoms with Crippen molar-refractivity contribution >= 4 is 15.9 Å². The molecule has 1 aromatic rings. The minimum atomic E-state index is 1.02. The number of benzene rings is 1. The number of hydrogen-bond donors (Lipinski definition) is 1. The second-order valence-corrected chi connectivity index (χ2v) is 5.24. The molecule has 0 atom stereocenters. The monoisotopic (exact) mass is 298 g/mol. The summed E-state index contributed by atoms with van der Waals surface area (Å²) in [7, 11) is 2.19. The third kappa shape index (κ3) is 6.20. The normalized spacial score (nSPS) is 11.1. The van der Waals surface area contributed by atoms with Crippen molar-refractivity contribution in [2.45, 2.75) is 26.3 Å². The van der Waals surface area contributed by atoms with Crippen LogP contribution in [0.3, 0.4) is 0 Å². The fraction of sp³-hybridized carbons (Fsp3) is 0.571. The minimum absolute atomic E-state index is 1.02. The molecule has 0 aromatic heterocycles. The Morgan fingerprint density at radius 2 is 2.00 bits per heavy atom. The lowest BCUT2D eigenvalue weighted by Crippen LogP contribution is -2.21. The molecule has 0 aliphatic heterocycles. The average Bonchev–Trinajstić information content (AvgIpc) is 2.32. The molecule has 0 radical (unpaired) electrons. The molecule has 0 aliphatic carbocycles. The highest BCUT2D eigenvalue weighted by atomic mass is 79.9. The van der Waals surface area contributed by atoms with Crippen LogP contribution in [0.25, 0.3) is 0 Å². The molecule has 1 rings (SSSR count). The third-order valence-corrected chi connectivity index (χ3v) is 3.57. The van der Waals surface area contributed by atoms with E-state index in [1.54, 1.807) is 0 Å². The van der Waals surface area contributed by atoms with Crippen LogP contribution in [0.2, 0.25) is 0 Å². The molecule has 1 aromatic carbocycles. The Morgan fingerprint density at radius 1 is 1.24 bits per heavy atom. The molecular formula is C14H23BrN2. The van der Waals surface area contributed by atoms with Crippen LogP contribution >= 0.6 is 15.9 Å². The summed E-state index contributed by atoms with van der Waals surface area (Å²) in [4.78, 5) is 2.38. The van der Waals surface area contributed by atoms with E-state index >= 15 is 0 Å². The molecule has 1 N–H and O–H groups in total. The average molecular weight is 299 g/mol. The Bertz CT molecular complexity index is 315. The van der Waals surface area contributed by atoms with Crippen LogP contribution < -0.4 is 5.32 Å². The summed E-state index contributed by atoms with van der Waals surface area (Å²) < 4.78 is 1.21. The second kappa shape index (κ2) is 8.67. The smallest absolute Gasteiger partial charge is 0.0241 e. The molecular weight excluding hydrogens is 276 g/mol. The van der Waals surface area contributed by atoms with Gasteiger partial charge < -0.3 is 10.2 Å². The number of hydrogen-bond acceptors (Lipinski definition) is 2. The van der Waals surface area contributed by atoms with E-state index in [4.69, 9.17) is 0 Å². The molecule has 2 nitrogen and oxygen atoms in total. The van der Waals surface area contributed by atoms with Gasteiger partial charge in [0.2, 0.25) is 0 Å². The van der Waals surface area contributed by atoms with Crippen LogP contribution in [-0.2, 0) is 6.54 Å². The summed E-state index contributed by atoms with van der Waals surface area (Å²) in [5.74, 6) is 0. The number of nitrogens with one attached hydrogen (secondary N) is 1. The van der Waals surface area contributed by atoms with Crippen LogP contribution in [0.1, 0.15) is 25.3 Å². The number of unbranched alkanes of at least 4 members (excludes halogenated alkanes) is 1. The molecule has 3 heteroatoms. The quantitative estimate of drug-likeness (QED) is 0.741. The van der Waals surface area contributed by atoms with Crippen LogP contribution in [-0.4, -0.2) is 31.6 Å². The van der Waals surface area contributed by atoms with E-state index in [1.165, 1.54) is 22.9 Å². The van der Waals surface area contributed by atoms with Gasteiger partial charge >= 0.3 is 0 Å². The molecule has 0 saturated carbocycles. The van der Waals surface area contributed by atoms with Gasteiger partial charge in [0.05, 0.1) is 0 Å². The van der Waals surface area contributed by atoms with E-state index in [0.29, 0.717) is 0 Å². The summed E-state index contributed by atoms with van der Waals surface area (Å²) in [5, 5.41) is 3.35. The van der Waals surface area contributed by atoms with E-state index in [9.17, 15) is 0 Å². The highest BCUT2D eigenvalue weighted by Crippen LogP contribution is 2.17. The lowest BCUT2D eigenvalue weighted by atomic mass is 10.2. The number of rotatable bonds is 8. The fourth-order valence-electron chi connectivity index (χ4n) is 1.80. The largest absolute Gasteiger partial charge is 0.317 e. The van der Waals surface area contributed by atoms with E-state index in [-0.39, 0.29) is 0 Å². The SMILES string of the molecule is CCNCCCCN(C)Cc1ccccc1Br. The minimum Gasteiger partial charge on any atom is -0.317 e. The maximum absolute atomic E-state index is 3.59. The molecule has 0 aliphatic rings. The zero-order valence-corrected chi connectivity index (χ0v) is 12.5. The van der Waals surface area contributed by atoms with Crippen LogP contribution in [0.15, 0.2) is 28.7 Å². The molecule has 0 bridgehead atoms. The van der Waals surface area contributed by atoms with Gasteiger partial charge in [-0.1, -0.05) is 41.1 Å². The summed E-state index contributed by atoms with van der Waals surface area (Å²) in [6, 6.07) is 8.44. The number of halogens is 1. The molecule has 0 spiro atoms. The van der Waals surface area contributed by atoms with Crippen LogP contribution in [0.4, 0.5) is 0 Å². The Morgan fingerprint density at radius 3 is 2.71 bits per heavy atom. The topological polar surface area (TPSA) is 15.3 Å². The van der Waals surface area contributed by atoms with Gasteiger partial charge in [0.15, 0.2) is 0 Å². The van der Waals surface area contributed by atoms with E-state index in [2.05, 4.69) is 64.4 Å². The first-order valence-corrected chi connectivity index (χ1v) is 7.16. The van der Waals surface area contributed by atoms with Gasteiger partial charge in [0.1, 0.15) is 0 Å². The highest BCUT2D eigenvalue weighted by molar-refractivity contribution is 9.10.